The molecule has 0 atom stereocenters. The van der Waals surface area contributed by atoms with Crippen LogP contribution in [0.5, 0.6) is 5.75 Å². The third kappa shape index (κ3) is 4.08. The highest BCUT2D eigenvalue weighted by atomic mass is 79.9. The van der Waals surface area contributed by atoms with Crippen LogP contribution in [-0.2, 0) is 13.0 Å². The van der Waals surface area contributed by atoms with E-state index in [2.05, 4.69) is 31.4 Å². The highest BCUT2D eigenvalue weighted by molar-refractivity contribution is 9.10. The number of nitrogens with zero attached hydrogens (tertiary/aromatic N) is 2. The molecule has 0 radical (unpaired) electrons. The first kappa shape index (κ1) is 16.3. The van der Waals surface area contributed by atoms with Crippen LogP contribution < -0.4 is 10.1 Å². The maximum atomic E-state index is 5.82. The average Bonchev–Trinajstić information content (AvgIpc) is 3.07. The van der Waals surface area contributed by atoms with Gasteiger partial charge in [-0.2, -0.15) is 4.98 Å². The van der Waals surface area contributed by atoms with Crippen molar-refractivity contribution in [1.29, 1.82) is 0 Å². The topological polar surface area (TPSA) is 60.2 Å². The largest absolute Gasteiger partial charge is 0.489 e. The Hall–Kier alpha value is -2.18. The van der Waals surface area contributed by atoms with Crippen molar-refractivity contribution in [2.45, 2.75) is 13.0 Å². The lowest BCUT2D eigenvalue weighted by atomic mass is 10.00. The number of hydrogen-bond donors (Lipinski definition) is 1. The quantitative estimate of drug-likeness (QED) is 0.682. The van der Waals surface area contributed by atoms with Gasteiger partial charge >= 0.3 is 0 Å². The van der Waals surface area contributed by atoms with Crippen LogP contribution in [-0.4, -0.2) is 23.2 Å². The Balaban J connectivity index is 1.37. The van der Waals surface area contributed by atoms with E-state index in [4.69, 9.17) is 9.26 Å². The Labute approximate surface area is 154 Å². The Morgan fingerprint density at radius 2 is 1.84 bits per heavy atom. The second-order valence-corrected chi connectivity index (χ2v) is 7.10. The van der Waals surface area contributed by atoms with Crippen LogP contribution in [0.2, 0.25) is 0 Å². The van der Waals surface area contributed by atoms with E-state index in [-0.39, 0.29) is 0 Å². The van der Waals surface area contributed by atoms with Crippen molar-refractivity contribution in [3.63, 3.8) is 0 Å². The van der Waals surface area contributed by atoms with E-state index in [0.29, 0.717) is 24.2 Å². The van der Waals surface area contributed by atoms with E-state index in [0.717, 1.165) is 40.9 Å². The monoisotopic (exact) mass is 399 g/mol. The predicted octanol–water partition coefficient (Wildman–Crippen LogP) is 3.84. The first-order valence-corrected chi connectivity index (χ1v) is 9.06. The van der Waals surface area contributed by atoms with Crippen LogP contribution in [0, 0.1) is 5.92 Å². The number of ether oxygens (including phenoxy) is 1. The summed E-state index contributed by atoms with van der Waals surface area (Å²) in [6.07, 6.45) is 0.842. The molecule has 1 saturated heterocycles. The highest BCUT2D eigenvalue weighted by Gasteiger charge is 2.20. The molecule has 4 rings (SSSR count). The SMILES string of the molecule is Brc1ccc(COc2ccc(-c3noc(CC4CNC4)n3)cc2)cc1. The molecule has 2 heterocycles. The molecule has 6 heteroatoms. The van der Waals surface area contributed by atoms with Crippen LogP contribution in [0.3, 0.4) is 0 Å². The molecule has 0 bridgehead atoms. The Morgan fingerprint density at radius 1 is 1.08 bits per heavy atom. The summed E-state index contributed by atoms with van der Waals surface area (Å²) in [7, 11) is 0. The lowest BCUT2D eigenvalue weighted by Crippen LogP contribution is -2.43. The van der Waals surface area contributed by atoms with Gasteiger partial charge in [-0.25, -0.2) is 0 Å². The zero-order valence-corrected chi connectivity index (χ0v) is 15.2. The van der Waals surface area contributed by atoms with Crippen molar-refractivity contribution >= 4 is 15.9 Å². The van der Waals surface area contributed by atoms with Gasteiger partial charge in [-0.1, -0.05) is 33.2 Å². The summed E-state index contributed by atoms with van der Waals surface area (Å²) in [6, 6.07) is 15.9. The summed E-state index contributed by atoms with van der Waals surface area (Å²) in [4.78, 5) is 4.48. The first-order chi connectivity index (χ1) is 12.3. The molecule has 128 valence electrons. The summed E-state index contributed by atoms with van der Waals surface area (Å²) in [5.41, 5.74) is 2.05. The minimum Gasteiger partial charge on any atom is -0.489 e. The Bertz CT molecular complexity index is 827. The molecule has 0 spiro atoms. The number of hydrogen-bond acceptors (Lipinski definition) is 5. The molecule has 1 aliphatic heterocycles. The van der Waals surface area contributed by atoms with E-state index in [1.807, 2.05) is 48.5 Å². The van der Waals surface area contributed by atoms with Crippen molar-refractivity contribution in [3.8, 4) is 17.1 Å². The summed E-state index contributed by atoms with van der Waals surface area (Å²) in [5, 5.41) is 7.32. The van der Waals surface area contributed by atoms with Crippen LogP contribution in [0.1, 0.15) is 11.5 Å². The molecule has 0 amide bonds. The van der Waals surface area contributed by atoms with Gasteiger partial charge in [0.2, 0.25) is 11.7 Å². The van der Waals surface area contributed by atoms with E-state index < -0.39 is 0 Å². The Morgan fingerprint density at radius 3 is 2.52 bits per heavy atom. The zero-order valence-electron chi connectivity index (χ0n) is 13.6. The molecule has 1 fully saturated rings. The molecule has 1 aliphatic rings. The second-order valence-electron chi connectivity index (χ2n) is 6.18. The summed E-state index contributed by atoms with van der Waals surface area (Å²) < 4.78 is 12.2. The van der Waals surface area contributed by atoms with Gasteiger partial charge in [0.05, 0.1) is 0 Å². The molecule has 0 unspecified atom stereocenters. The molecule has 5 nitrogen and oxygen atoms in total. The van der Waals surface area contributed by atoms with E-state index >= 15 is 0 Å². The van der Waals surface area contributed by atoms with Gasteiger partial charge in [-0.15, -0.1) is 0 Å². The van der Waals surface area contributed by atoms with Crippen molar-refractivity contribution in [3.05, 3.63) is 64.5 Å². The molecule has 1 N–H and O–H groups in total. The summed E-state index contributed by atoms with van der Waals surface area (Å²) in [5.74, 6) is 2.76. The Kier molecular flexibility index (Phi) is 4.81. The van der Waals surface area contributed by atoms with Crippen LogP contribution in [0.25, 0.3) is 11.4 Å². The van der Waals surface area contributed by atoms with Gasteiger partial charge in [-0.3, -0.25) is 0 Å². The van der Waals surface area contributed by atoms with E-state index in [9.17, 15) is 0 Å². The molecular formula is C19H18BrN3O2. The summed E-state index contributed by atoms with van der Waals surface area (Å²) >= 11 is 3.43. The average molecular weight is 400 g/mol. The van der Waals surface area contributed by atoms with Gasteiger partial charge in [0.15, 0.2) is 0 Å². The van der Waals surface area contributed by atoms with Crippen LogP contribution in [0.4, 0.5) is 0 Å². The molecule has 1 aromatic heterocycles. The predicted molar refractivity (Wildman–Crippen MR) is 98.3 cm³/mol. The molecule has 25 heavy (non-hydrogen) atoms. The van der Waals surface area contributed by atoms with Crippen molar-refractivity contribution < 1.29 is 9.26 Å². The van der Waals surface area contributed by atoms with Gasteiger partial charge in [0.25, 0.3) is 0 Å². The molecule has 3 aromatic rings. The third-order valence-corrected chi connectivity index (χ3v) is 4.76. The van der Waals surface area contributed by atoms with Crippen LogP contribution in [0.15, 0.2) is 57.5 Å². The van der Waals surface area contributed by atoms with Crippen molar-refractivity contribution in [1.82, 2.24) is 15.5 Å². The standard InChI is InChI=1S/C19H18BrN3O2/c20-16-5-1-13(2-6-16)12-24-17-7-3-15(4-8-17)19-22-18(25-23-19)9-14-10-21-11-14/h1-8,14,21H,9-12H2. The van der Waals surface area contributed by atoms with Gasteiger partial charge < -0.3 is 14.6 Å². The van der Waals surface area contributed by atoms with Gasteiger partial charge in [-0.05, 0) is 61.0 Å². The minimum atomic E-state index is 0.536. The number of nitrogens with one attached hydrogen (secondary N) is 1. The maximum Gasteiger partial charge on any atom is 0.227 e. The fourth-order valence-electron chi connectivity index (χ4n) is 2.64. The fraction of sp³-hybridized carbons (Fsp3) is 0.263. The highest BCUT2D eigenvalue weighted by Crippen LogP contribution is 2.22. The van der Waals surface area contributed by atoms with E-state index in [1.165, 1.54) is 0 Å². The maximum absolute atomic E-state index is 5.82. The minimum absolute atomic E-state index is 0.536. The van der Waals surface area contributed by atoms with Gasteiger partial charge in [0.1, 0.15) is 12.4 Å². The van der Waals surface area contributed by atoms with Crippen molar-refractivity contribution in [2.24, 2.45) is 5.92 Å². The number of aromatic nitrogens is 2. The molecule has 0 saturated carbocycles. The normalized spacial score (nSPS) is 14.3. The number of benzene rings is 2. The second kappa shape index (κ2) is 7.37. The van der Waals surface area contributed by atoms with Crippen molar-refractivity contribution in [2.75, 3.05) is 13.1 Å². The number of halogens is 1. The summed E-state index contributed by atoms with van der Waals surface area (Å²) in [6.45, 7) is 2.60. The lowest BCUT2D eigenvalue weighted by Gasteiger charge is -2.25. The fourth-order valence-corrected chi connectivity index (χ4v) is 2.91. The molecule has 2 aromatic carbocycles. The van der Waals surface area contributed by atoms with Crippen LogP contribution >= 0.6 is 15.9 Å². The molecule has 0 aliphatic carbocycles. The lowest BCUT2D eigenvalue weighted by molar-refractivity contribution is 0.296. The van der Waals surface area contributed by atoms with Gasteiger partial charge in [0, 0.05) is 16.5 Å². The third-order valence-electron chi connectivity index (χ3n) is 4.23. The van der Waals surface area contributed by atoms with E-state index in [1.54, 1.807) is 0 Å². The molecular weight excluding hydrogens is 382 g/mol. The smallest absolute Gasteiger partial charge is 0.227 e. The first-order valence-electron chi connectivity index (χ1n) is 8.27. The number of rotatable bonds is 6. The zero-order chi connectivity index (χ0) is 17.1.